The quantitative estimate of drug-likeness (QED) is 0.310. The van der Waals surface area contributed by atoms with Gasteiger partial charge in [0.25, 0.3) is 0 Å². The van der Waals surface area contributed by atoms with Gasteiger partial charge in [-0.3, -0.25) is 9.88 Å². The molecule has 14 heteroatoms. The summed E-state index contributed by atoms with van der Waals surface area (Å²) < 4.78 is 92.2. The lowest BCUT2D eigenvalue weighted by Gasteiger charge is -2.33. The SMILES string of the molecule is O=S1(=O)C2CCC1CN(c1nc(OC[C@@]34CCCN3C[C@H](F)C4)nc3c(F)c(-c4cc(O)cc5ccc(F)c(F)c45)ncc13)C2. The summed E-state index contributed by atoms with van der Waals surface area (Å²) in [6, 6.07) is 4.37. The molecule has 2 unspecified atom stereocenters. The molecule has 0 spiro atoms. The van der Waals surface area contributed by atoms with Crippen LogP contribution >= 0.6 is 0 Å². The summed E-state index contributed by atoms with van der Waals surface area (Å²) in [5, 5.41) is 9.24. The minimum absolute atomic E-state index is 0.0826. The third kappa shape index (κ3) is 4.43. The molecule has 45 heavy (non-hydrogen) atoms. The van der Waals surface area contributed by atoms with Crippen LogP contribution in [0.1, 0.15) is 32.1 Å². The minimum atomic E-state index is -3.29. The fourth-order valence-electron chi connectivity index (χ4n) is 7.83. The molecule has 4 aliphatic rings. The molecule has 0 amide bonds. The molecular formula is C31H29F4N5O4S. The molecule has 4 aliphatic heterocycles. The third-order valence-electron chi connectivity index (χ3n) is 10.0. The van der Waals surface area contributed by atoms with Crippen molar-refractivity contribution < 1.29 is 35.8 Å². The monoisotopic (exact) mass is 643 g/mol. The molecule has 4 aromatic rings. The molecule has 4 saturated heterocycles. The molecule has 2 aromatic carbocycles. The molecule has 8 rings (SSSR count). The number of hydrogen-bond donors (Lipinski definition) is 1. The summed E-state index contributed by atoms with van der Waals surface area (Å²) in [6.45, 7) is 1.45. The molecule has 6 heterocycles. The van der Waals surface area contributed by atoms with Crippen LogP contribution in [0.5, 0.6) is 11.8 Å². The van der Waals surface area contributed by atoms with Crippen molar-refractivity contribution in [3.05, 3.63) is 47.9 Å². The van der Waals surface area contributed by atoms with Crippen LogP contribution in [0, 0.1) is 17.5 Å². The zero-order chi connectivity index (χ0) is 31.2. The van der Waals surface area contributed by atoms with Gasteiger partial charge in [0.1, 0.15) is 35.6 Å². The summed E-state index contributed by atoms with van der Waals surface area (Å²) in [4.78, 5) is 17.1. The Bertz CT molecular complexity index is 1980. The van der Waals surface area contributed by atoms with Gasteiger partial charge in [-0.1, -0.05) is 6.07 Å². The van der Waals surface area contributed by atoms with E-state index < -0.39 is 49.5 Å². The van der Waals surface area contributed by atoms with Crippen molar-refractivity contribution in [1.29, 1.82) is 0 Å². The van der Waals surface area contributed by atoms with Crippen LogP contribution in [-0.2, 0) is 9.84 Å². The zero-order valence-corrected chi connectivity index (χ0v) is 24.8. The normalized spacial score (nSPS) is 27.5. The number of ether oxygens (including phenoxy) is 1. The number of aromatic nitrogens is 3. The van der Waals surface area contributed by atoms with E-state index in [1.165, 1.54) is 18.3 Å². The van der Waals surface area contributed by atoms with Gasteiger partial charge >= 0.3 is 6.01 Å². The largest absolute Gasteiger partial charge is 0.508 e. The maximum absolute atomic E-state index is 16.6. The van der Waals surface area contributed by atoms with Gasteiger partial charge in [0.15, 0.2) is 27.3 Å². The maximum Gasteiger partial charge on any atom is 0.319 e. The van der Waals surface area contributed by atoms with Crippen molar-refractivity contribution in [2.24, 2.45) is 0 Å². The Morgan fingerprint density at radius 3 is 2.60 bits per heavy atom. The van der Waals surface area contributed by atoms with Crippen LogP contribution in [0.3, 0.4) is 0 Å². The highest BCUT2D eigenvalue weighted by molar-refractivity contribution is 7.93. The van der Waals surface area contributed by atoms with E-state index in [0.29, 0.717) is 25.8 Å². The first-order valence-corrected chi connectivity index (χ1v) is 16.6. The van der Waals surface area contributed by atoms with E-state index in [9.17, 15) is 22.3 Å². The van der Waals surface area contributed by atoms with E-state index in [2.05, 4.69) is 19.9 Å². The Balaban J connectivity index is 1.27. The van der Waals surface area contributed by atoms with Gasteiger partial charge in [-0.25, -0.2) is 26.0 Å². The summed E-state index contributed by atoms with van der Waals surface area (Å²) >= 11 is 0. The van der Waals surface area contributed by atoms with Gasteiger partial charge in [-0.15, -0.1) is 0 Å². The molecule has 2 bridgehead atoms. The molecule has 0 aliphatic carbocycles. The van der Waals surface area contributed by atoms with Gasteiger partial charge in [-0.05, 0) is 55.8 Å². The lowest BCUT2D eigenvalue weighted by atomic mass is 9.95. The number of rotatable bonds is 5. The minimum Gasteiger partial charge on any atom is -0.508 e. The highest BCUT2D eigenvalue weighted by atomic mass is 32.2. The smallest absolute Gasteiger partial charge is 0.319 e. The van der Waals surface area contributed by atoms with Gasteiger partial charge < -0.3 is 14.7 Å². The van der Waals surface area contributed by atoms with Gasteiger partial charge in [0, 0.05) is 43.2 Å². The average molecular weight is 644 g/mol. The summed E-state index contributed by atoms with van der Waals surface area (Å²) in [5.41, 5.74) is -1.29. The first-order chi connectivity index (χ1) is 21.5. The predicted molar refractivity (Wildman–Crippen MR) is 158 cm³/mol. The number of pyridine rings is 1. The van der Waals surface area contributed by atoms with Crippen molar-refractivity contribution >= 4 is 37.3 Å². The fraction of sp³-hybridized carbons (Fsp3) is 0.452. The number of phenols is 1. The first kappa shape index (κ1) is 28.7. The van der Waals surface area contributed by atoms with Crippen molar-refractivity contribution in [2.75, 3.05) is 37.7 Å². The lowest BCUT2D eigenvalue weighted by molar-refractivity contribution is 0.107. The van der Waals surface area contributed by atoms with Crippen LogP contribution in [0.25, 0.3) is 32.9 Å². The van der Waals surface area contributed by atoms with E-state index in [1.54, 1.807) is 4.90 Å². The van der Waals surface area contributed by atoms with E-state index in [1.807, 2.05) is 0 Å². The Kier molecular flexibility index (Phi) is 6.44. The van der Waals surface area contributed by atoms with Crippen molar-refractivity contribution in [3.63, 3.8) is 0 Å². The average Bonchev–Trinajstić information content (AvgIpc) is 3.53. The van der Waals surface area contributed by atoms with Crippen LogP contribution < -0.4 is 9.64 Å². The lowest BCUT2D eigenvalue weighted by Crippen LogP contribution is -2.47. The number of aromatic hydroxyl groups is 1. The van der Waals surface area contributed by atoms with Crippen molar-refractivity contribution in [3.8, 4) is 23.0 Å². The second-order valence-electron chi connectivity index (χ2n) is 12.6. The number of benzene rings is 2. The molecule has 1 N–H and O–H groups in total. The number of hydrogen-bond acceptors (Lipinski definition) is 9. The Morgan fingerprint density at radius 1 is 1.04 bits per heavy atom. The number of fused-ring (bicyclic) bond motifs is 5. The maximum atomic E-state index is 16.6. The van der Waals surface area contributed by atoms with Crippen LogP contribution in [0.2, 0.25) is 0 Å². The van der Waals surface area contributed by atoms with Gasteiger partial charge in [-0.2, -0.15) is 9.97 Å². The molecule has 0 saturated carbocycles. The molecular weight excluding hydrogens is 614 g/mol. The van der Waals surface area contributed by atoms with Crippen LogP contribution in [0.4, 0.5) is 23.4 Å². The Labute approximate surface area is 255 Å². The van der Waals surface area contributed by atoms with E-state index in [0.717, 1.165) is 31.5 Å². The first-order valence-electron chi connectivity index (χ1n) is 15.0. The third-order valence-corrected chi connectivity index (χ3v) is 12.6. The predicted octanol–water partition coefficient (Wildman–Crippen LogP) is 4.69. The number of anilines is 1. The molecule has 9 nitrogen and oxygen atoms in total. The highest BCUT2D eigenvalue weighted by Gasteiger charge is 2.50. The standard InChI is InChI=1S/C31H29F4N5O4S/c32-17-10-31(6-1-7-40(31)12-17)15-44-30-37-28-22(29(38-30)39-13-19-3-4-20(14-39)45(19,42)43)11-36-27(26(28)35)21-9-18(41)8-16-2-5-23(33)25(34)24(16)21/h2,5,8-9,11,17,19-20,41H,1,3-4,6-7,10,12-15H2/t17-,19?,20?,31+/m1/s1. The van der Waals surface area contributed by atoms with E-state index in [4.69, 9.17) is 4.74 Å². The number of halogens is 4. The molecule has 0 radical (unpaired) electrons. The molecule has 236 valence electrons. The number of alkyl halides is 1. The van der Waals surface area contributed by atoms with Crippen LogP contribution in [0.15, 0.2) is 30.5 Å². The van der Waals surface area contributed by atoms with E-state index in [-0.39, 0.29) is 70.2 Å². The topological polar surface area (TPSA) is 109 Å². The summed E-state index contributed by atoms with van der Waals surface area (Å²) in [7, 11) is -3.29. The Morgan fingerprint density at radius 2 is 1.82 bits per heavy atom. The highest BCUT2D eigenvalue weighted by Crippen LogP contribution is 2.42. The number of phenolic OH excluding ortho intramolecular Hbond substituents is 1. The summed E-state index contributed by atoms with van der Waals surface area (Å²) in [5.74, 6) is -3.40. The molecule has 2 aromatic heterocycles. The molecule has 4 fully saturated rings. The van der Waals surface area contributed by atoms with Gasteiger partial charge in [0.2, 0.25) is 0 Å². The van der Waals surface area contributed by atoms with Crippen molar-refractivity contribution in [2.45, 2.75) is 54.3 Å². The van der Waals surface area contributed by atoms with Crippen LogP contribution in [-0.4, -0.2) is 88.4 Å². The fourth-order valence-corrected chi connectivity index (χ4v) is 10.1. The second kappa shape index (κ2) is 10.1. The summed E-state index contributed by atoms with van der Waals surface area (Å²) in [6.07, 6.45) is 3.29. The molecule has 4 atom stereocenters. The number of nitrogens with zero attached hydrogens (tertiary/aromatic N) is 5. The van der Waals surface area contributed by atoms with Gasteiger partial charge in [0.05, 0.1) is 21.4 Å². The second-order valence-corrected chi connectivity index (χ2v) is 15.2. The zero-order valence-electron chi connectivity index (χ0n) is 24.0. The van der Waals surface area contributed by atoms with E-state index >= 15 is 8.78 Å². The Hall–Kier alpha value is -3.78. The number of sulfone groups is 1. The van der Waals surface area contributed by atoms with Crippen molar-refractivity contribution in [1.82, 2.24) is 19.9 Å².